The van der Waals surface area contributed by atoms with E-state index in [0.717, 1.165) is 12.1 Å². The van der Waals surface area contributed by atoms with Gasteiger partial charge in [0.05, 0.1) is 5.56 Å². The van der Waals surface area contributed by atoms with Gasteiger partial charge in [-0.3, -0.25) is 9.59 Å². The molecular weight excluding hydrogens is 278 g/mol. The summed E-state index contributed by atoms with van der Waals surface area (Å²) < 4.78 is 5.57. The van der Waals surface area contributed by atoms with Gasteiger partial charge in [-0.05, 0) is 43.2 Å². The first kappa shape index (κ1) is 15.8. The molecule has 0 radical (unpaired) electrons. The number of benzene rings is 2. The van der Waals surface area contributed by atoms with Crippen LogP contribution in [0.15, 0.2) is 48.5 Å². The number of aryl methyl sites for hydroxylation is 1. The highest BCUT2D eigenvalue weighted by Gasteiger charge is 2.16. The first-order chi connectivity index (χ1) is 10.6. The van der Waals surface area contributed by atoms with E-state index in [0.29, 0.717) is 17.6 Å². The maximum atomic E-state index is 12.1. The Labute approximate surface area is 130 Å². The van der Waals surface area contributed by atoms with Crippen molar-refractivity contribution in [1.82, 2.24) is 0 Å². The Morgan fingerprint density at radius 1 is 1.18 bits per heavy atom. The van der Waals surface area contributed by atoms with E-state index in [1.165, 1.54) is 5.56 Å². The minimum absolute atomic E-state index is 0.259. The van der Waals surface area contributed by atoms with Gasteiger partial charge in [-0.2, -0.15) is 0 Å². The molecule has 2 aromatic rings. The molecule has 22 heavy (non-hydrogen) atoms. The third kappa shape index (κ3) is 3.95. The number of amides is 1. The van der Waals surface area contributed by atoms with Crippen molar-refractivity contribution in [3.05, 3.63) is 59.7 Å². The van der Waals surface area contributed by atoms with Crippen molar-refractivity contribution in [3.63, 3.8) is 0 Å². The summed E-state index contributed by atoms with van der Waals surface area (Å²) in [4.78, 5) is 23.1. The number of carbonyl (C=O) groups is 2. The quantitative estimate of drug-likeness (QED) is 0.831. The van der Waals surface area contributed by atoms with Crippen molar-refractivity contribution < 1.29 is 14.3 Å². The van der Waals surface area contributed by atoms with Gasteiger partial charge in [0.1, 0.15) is 5.75 Å². The second-order valence-electron chi connectivity index (χ2n) is 4.96. The molecule has 0 fully saturated rings. The van der Waals surface area contributed by atoms with Crippen LogP contribution in [-0.4, -0.2) is 18.3 Å². The molecule has 0 bridgehead atoms. The number of nitrogens with one attached hydrogen (secondary N) is 1. The van der Waals surface area contributed by atoms with E-state index in [-0.39, 0.29) is 5.91 Å². The molecule has 0 aliphatic rings. The number of hydrogen-bond acceptors (Lipinski definition) is 3. The highest BCUT2D eigenvalue weighted by Crippen LogP contribution is 2.18. The van der Waals surface area contributed by atoms with Crippen LogP contribution in [0.5, 0.6) is 5.75 Å². The molecule has 4 nitrogen and oxygen atoms in total. The summed E-state index contributed by atoms with van der Waals surface area (Å²) in [5.74, 6) is 0.145. The van der Waals surface area contributed by atoms with Gasteiger partial charge in [-0.15, -0.1) is 0 Å². The van der Waals surface area contributed by atoms with Crippen LogP contribution in [0.3, 0.4) is 0 Å². The molecule has 0 aliphatic carbocycles. The molecule has 0 spiro atoms. The lowest BCUT2D eigenvalue weighted by atomic mass is 10.1. The Bertz CT molecular complexity index is 650. The topological polar surface area (TPSA) is 55.4 Å². The number of anilines is 1. The summed E-state index contributed by atoms with van der Waals surface area (Å²) in [5.41, 5.74) is 2.36. The van der Waals surface area contributed by atoms with Crippen LogP contribution in [0, 0.1) is 0 Å². The Kier molecular flexibility index (Phi) is 5.31. The van der Waals surface area contributed by atoms with Crippen molar-refractivity contribution in [1.29, 1.82) is 0 Å². The van der Waals surface area contributed by atoms with E-state index in [1.807, 2.05) is 24.3 Å². The van der Waals surface area contributed by atoms with Gasteiger partial charge in [-0.25, -0.2) is 0 Å². The average molecular weight is 297 g/mol. The molecule has 0 heterocycles. The second kappa shape index (κ2) is 7.41. The van der Waals surface area contributed by atoms with Crippen LogP contribution < -0.4 is 10.1 Å². The monoisotopic (exact) mass is 297 g/mol. The summed E-state index contributed by atoms with van der Waals surface area (Å²) in [6.07, 6.45) is 0.964. The third-order valence-corrected chi connectivity index (χ3v) is 3.35. The van der Waals surface area contributed by atoms with Crippen molar-refractivity contribution in [2.75, 3.05) is 5.32 Å². The van der Waals surface area contributed by atoms with Gasteiger partial charge in [0.15, 0.2) is 12.4 Å². The molecule has 1 amide bonds. The molecule has 114 valence electrons. The summed E-state index contributed by atoms with van der Waals surface area (Å²) in [7, 11) is 0. The van der Waals surface area contributed by atoms with Crippen LogP contribution in [0.4, 0.5) is 5.69 Å². The van der Waals surface area contributed by atoms with E-state index in [9.17, 15) is 9.59 Å². The van der Waals surface area contributed by atoms with Gasteiger partial charge < -0.3 is 10.1 Å². The molecule has 0 aromatic heterocycles. The van der Waals surface area contributed by atoms with Crippen molar-refractivity contribution in [2.45, 2.75) is 26.4 Å². The number of hydrogen-bond donors (Lipinski definition) is 1. The van der Waals surface area contributed by atoms with Crippen LogP contribution in [0.25, 0.3) is 0 Å². The minimum Gasteiger partial charge on any atom is -0.480 e. The Hall–Kier alpha value is -2.62. The predicted octanol–water partition coefficient (Wildman–Crippen LogP) is 3.47. The standard InChI is InChI=1S/C18H19NO3/c1-3-14-8-10-16(11-9-14)19-18(21)13(2)22-17-7-5-4-6-15(17)12-20/h4-13H,3H2,1-2H3,(H,19,21)/t13-/m0/s1. The molecule has 2 aromatic carbocycles. The smallest absolute Gasteiger partial charge is 0.265 e. The van der Waals surface area contributed by atoms with Crippen LogP contribution in [-0.2, 0) is 11.2 Å². The fourth-order valence-corrected chi connectivity index (χ4v) is 2.00. The van der Waals surface area contributed by atoms with E-state index in [1.54, 1.807) is 31.2 Å². The zero-order valence-electron chi connectivity index (χ0n) is 12.7. The second-order valence-corrected chi connectivity index (χ2v) is 4.96. The van der Waals surface area contributed by atoms with Crippen molar-refractivity contribution in [2.24, 2.45) is 0 Å². The highest BCUT2D eigenvalue weighted by molar-refractivity contribution is 5.94. The van der Waals surface area contributed by atoms with Gasteiger partial charge in [0.2, 0.25) is 0 Å². The van der Waals surface area contributed by atoms with Gasteiger partial charge in [0.25, 0.3) is 5.91 Å². The number of para-hydroxylation sites is 1. The Balaban J connectivity index is 2.00. The lowest BCUT2D eigenvalue weighted by Crippen LogP contribution is -2.30. The number of carbonyl (C=O) groups excluding carboxylic acids is 2. The zero-order valence-corrected chi connectivity index (χ0v) is 12.7. The normalized spacial score (nSPS) is 11.5. The largest absolute Gasteiger partial charge is 0.480 e. The third-order valence-electron chi connectivity index (χ3n) is 3.35. The number of ether oxygens (including phenoxy) is 1. The summed E-state index contributed by atoms with van der Waals surface area (Å²) >= 11 is 0. The van der Waals surface area contributed by atoms with Crippen LogP contribution in [0.1, 0.15) is 29.8 Å². The van der Waals surface area contributed by atoms with Crippen LogP contribution in [0.2, 0.25) is 0 Å². The molecule has 1 N–H and O–H groups in total. The molecule has 0 unspecified atom stereocenters. The molecule has 0 aliphatic heterocycles. The molecular formula is C18H19NO3. The average Bonchev–Trinajstić information content (AvgIpc) is 2.56. The molecule has 0 saturated heterocycles. The maximum absolute atomic E-state index is 12.1. The maximum Gasteiger partial charge on any atom is 0.265 e. The summed E-state index contributed by atoms with van der Waals surface area (Å²) in [6.45, 7) is 3.73. The molecule has 0 saturated carbocycles. The first-order valence-corrected chi connectivity index (χ1v) is 7.24. The first-order valence-electron chi connectivity index (χ1n) is 7.24. The van der Waals surface area contributed by atoms with E-state index in [4.69, 9.17) is 4.74 Å². The number of rotatable bonds is 6. The molecule has 4 heteroatoms. The Morgan fingerprint density at radius 3 is 2.50 bits per heavy atom. The fourth-order valence-electron chi connectivity index (χ4n) is 2.00. The molecule has 2 rings (SSSR count). The predicted molar refractivity (Wildman–Crippen MR) is 86.4 cm³/mol. The number of aldehydes is 1. The van der Waals surface area contributed by atoms with Crippen LogP contribution >= 0.6 is 0 Å². The lowest BCUT2D eigenvalue weighted by Gasteiger charge is -2.16. The Morgan fingerprint density at radius 2 is 1.86 bits per heavy atom. The van der Waals surface area contributed by atoms with E-state index < -0.39 is 6.10 Å². The minimum atomic E-state index is -0.702. The van der Waals surface area contributed by atoms with Crippen molar-refractivity contribution >= 4 is 17.9 Å². The summed E-state index contributed by atoms with van der Waals surface area (Å²) in [6, 6.07) is 14.5. The molecule has 1 atom stereocenters. The van der Waals surface area contributed by atoms with E-state index >= 15 is 0 Å². The summed E-state index contributed by atoms with van der Waals surface area (Å²) in [5, 5.41) is 2.80. The van der Waals surface area contributed by atoms with Gasteiger partial charge >= 0.3 is 0 Å². The highest BCUT2D eigenvalue weighted by atomic mass is 16.5. The zero-order chi connectivity index (χ0) is 15.9. The van der Waals surface area contributed by atoms with E-state index in [2.05, 4.69) is 12.2 Å². The lowest BCUT2D eigenvalue weighted by molar-refractivity contribution is -0.122. The van der Waals surface area contributed by atoms with Gasteiger partial charge in [0, 0.05) is 5.69 Å². The SMILES string of the molecule is CCc1ccc(NC(=O)[C@H](C)Oc2ccccc2C=O)cc1. The fraction of sp³-hybridized carbons (Fsp3) is 0.222. The van der Waals surface area contributed by atoms with Crippen molar-refractivity contribution in [3.8, 4) is 5.75 Å². The van der Waals surface area contributed by atoms with Gasteiger partial charge in [-0.1, -0.05) is 31.2 Å².